The maximum absolute atomic E-state index is 11.5. The SMILES string of the molecule is CC(=O)[O][Hg][CH](CO)C(=O)OC(C)(C)C. The predicted octanol–water partition coefficient (Wildman–Crippen LogP) is 0.669. The van der Waals surface area contributed by atoms with Crippen LogP contribution in [0, 0.1) is 0 Å². The Morgan fingerprint density at radius 3 is 2.27 bits per heavy atom. The van der Waals surface area contributed by atoms with E-state index < -0.39 is 46.0 Å². The van der Waals surface area contributed by atoms with E-state index in [1.165, 1.54) is 6.92 Å². The number of esters is 1. The molecule has 0 aromatic heterocycles. The third kappa shape index (κ3) is 7.73. The van der Waals surface area contributed by atoms with E-state index in [0.717, 1.165) is 0 Å². The van der Waals surface area contributed by atoms with Gasteiger partial charge in [-0.3, -0.25) is 0 Å². The van der Waals surface area contributed by atoms with E-state index in [2.05, 4.69) is 0 Å². The number of hydrogen-bond acceptors (Lipinski definition) is 5. The number of rotatable bonds is 4. The molecular formula is C9H16HgO5. The molecule has 0 bridgehead atoms. The topological polar surface area (TPSA) is 72.8 Å². The van der Waals surface area contributed by atoms with Crippen molar-refractivity contribution >= 4 is 11.9 Å². The molecule has 0 aromatic carbocycles. The van der Waals surface area contributed by atoms with Gasteiger partial charge >= 0.3 is 102 Å². The third-order valence-electron chi connectivity index (χ3n) is 1.45. The molecule has 0 spiro atoms. The summed E-state index contributed by atoms with van der Waals surface area (Å²) in [5.74, 6) is -0.855. The zero-order chi connectivity index (χ0) is 12.1. The van der Waals surface area contributed by atoms with E-state index in [1.807, 2.05) is 0 Å². The number of carbonyl (C=O) groups excluding carboxylic acids is 2. The number of ether oxygens (including phenoxy) is 1. The van der Waals surface area contributed by atoms with Crippen LogP contribution in [-0.4, -0.2) is 29.3 Å². The molecule has 0 radical (unpaired) electrons. The third-order valence-corrected chi connectivity index (χ3v) is 7.54. The van der Waals surface area contributed by atoms with E-state index >= 15 is 0 Å². The van der Waals surface area contributed by atoms with Crippen molar-refractivity contribution in [2.75, 3.05) is 6.61 Å². The summed E-state index contributed by atoms with van der Waals surface area (Å²) in [5.41, 5.74) is -0.575. The van der Waals surface area contributed by atoms with Crippen LogP contribution in [0.4, 0.5) is 0 Å². The van der Waals surface area contributed by atoms with Crippen molar-refractivity contribution in [3.63, 3.8) is 0 Å². The summed E-state index contributed by atoms with van der Waals surface area (Å²) in [7, 11) is 0. The average molecular weight is 405 g/mol. The van der Waals surface area contributed by atoms with Gasteiger partial charge in [0.2, 0.25) is 0 Å². The van der Waals surface area contributed by atoms with Crippen LogP contribution in [0.25, 0.3) is 0 Å². The van der Waals surface area contributed by atoms with Gasteiger partial charge in [-0.05, 0) is 0 Å². The Hall–Kier alpha value is -0.165. The van der Waals surface area contributed by atoms with Gasteiger partial charge < -0.3 is 0 Å². The van der Waals surface area contributed by atoms with Crippen LogP contribution in [-0.2, 0) is 42.0 Å². The van der Waals surface area contributed by atoms with Crippen molar-refractivity contribution < 1.29 is 47.1 Å². The standard InChI is InChI=1S/C7H13O3.C2H4O2.Hg/c1-7(2,3)10-6(9)4-5-8;1-2(3)4;/h4,8H,5H2,1-3H3;1H3,(H,3,4);/q;;+1/p-1. The average Bonchev–Trinajstić information content (AvgIpc) is 2.01. The molecule has 15 heavy (non-hydrogen) atoms. The fourth-order valence-electron chi connectivity index (χ4n) is 0.798. The molecule has 0 saturated carbocycles. The fraction of sp³-hybridized carbons (Fsp3) is 0.778. The first-order chi connectivity index (χ1) is 6.76. The molecule has 84 valence electrons. The normalized spacial score (nSPS) is 12.6. The van der Waals surface area contributed by atoms with Crippen molar-refractivity contribution in [1.82, 2.24) is 0 Å². The van der Waals surface area contributed by atoms with E-state index in [1.54, 1.807) is 20.8 Å². The number of aliphatic hydroxyl groups excluding tert-OH is 1. The molecule has 0 heterocycles. The van der Waals surface area contributed by atoms with Gasteiger partial charge in [0.15, 0.2) is 0 Å². The molecule has 0 aliphatic rings. The van der Waals surface area contributed by atoms with Crippen LogP contribution in [0.2, 0.25) is 3.43 Å². The Morgan fingerprint density at radius 1 is 1.40 bits per heavy atom. The molecule has 5 nitrogen and oxygen atoms in total. The first kappa shape index (κ1) is 14.8. The molecule has 0 saturated heterocycles. The summed E-state index contributed by atoms with van der Waals surface area (Å²) in [5, 5.41) is 8.97. The Morgan fingerprint density at radius 2 is 1.93 bits per heavy atom. The van der Waals surface area contributed by atoms with Gasteiger partial charge in [-0.1, -0.05) is 0 Å². The Kier molecular flexibility index (Phi) is 6.35. The van der Waals surface area contributed by atoms with Crippen LogP contribution in [0.15, 0.2) is 0 Å². The molecule has 0 fully saturated rings. The van der Waals surface area contributed by atoms with Gasteiger partial charge in [0.1, 0.15) is 0 Å². The minimum absolute atomic E-state index is 0.302. The van der Waals surface area contributed by atoms with Crippen LogP contribution in [0.1, 0.15) is 27.7 Å². The number of hydrogen-bond donors (Lipinski definition) is 1. The second kappa shape index (κ2) is 6.42. The van der Waals surface area contributed by atoms with Gasteiger partial charge in [-0.2, -0.15) is 0 Å². The molecule has 0 aliphatic carbocycles. The molecule has 1 atom stereocenters. The Bertz CT molecular complexity index is 233. The second-order valence-electron chi connectivity index (χ2n) is 4.22. The minimum atomic E-state index is -2.17. The zero-order valence-electron chi connectivity index (χ0n) is 9.57. The molecule has 0 aromatic rings. The first-order valence-corrected chi connectivity index (χ1v) is 10.1. The molecule has 0 amide bonds. The van der Waals surface area contributed by atoms with Crippen LogP contribution >= 0.6 is 0 Å². The van der Waals surface area contributed by atoms with E-state index in [4.69, 9.17) is 12.5 Å². The van der Waals surface area contributed by atoms with E-state index in [9.17, 15) is 9.59 Å². The van der Waals surface area contributed by atoms with Crippen LogP contribution in [0.5, 0.6) is 0 Å². The van der Waals surface area contributed by atoms with Crippen molar-refractivity contribution in [2.24, 2.45) is 0 Å². The molecule has 0 rings (SSSR count). The molecular weight excluding hydrogens is 389 g/mol. The van der Waals surface area contributed by atoms with Gasteiger partial charge in [0.25, 0.3) is 0 Å². The van der Waals surface area contributed by atoms with Crippen molar-refractivity contribution in [2.45, 2.75) is 36.7 Å². The summed E-state index contributed by atoms with van der Waals surface area (Å²) < 4.78 is 9.35. The number of carbonyl (C=O) groups is 2. The van der Waals surface area contributed by atoms with Crippen molar-refractivity contribution in [1.29, 1.82) is 0 Å². The summed E-state index contributed by atoms with van der Waals surface area (Å²) >= 11 is -2.17. The fourth-order valence-corrected chi connectivity index (χ4v) is 3.76. The van der Waals surface area contributed by atoms with Gasteiger partial charge in [0.05, 0.1) is 0 Å². The summed E-state index contributed by atoms with van der Waals surface area (Å²) in [6.45, 7) is 6.25. The molecule has 1 N–H and O–H groups in total. The van der Waals surface area contributed by atoms with Crippen molar-refractivity contribution in [3.8, 4) is 0 Å². The second-order valence-corrected chi connectivity index (χ2v) is 10.5. The first-order valence-electron chi connectivity index (χ1n) is 4.73. The van der Waals surface area contributed by atoms with Crippen LogP contribution < -0.4 is 0 Å². The Balaban J connectivity index is 4.16. The summed E-state index contributed by atoms with van der Waals surface area (Å²) in [6.07, 6.45) is 0. The summed E-state index contributed by atoms with van der Waals surface area (Å²) in [4.78, 5) is 22.1. The monoisotopic (exact) mass is 406 g/mol. The van der Waals surface area contributed by atoms with E-state index in [-0.39, 0.29) is 6.61 Å². The maximum atomic E-state index is 11.5. The quantitative estimate of drug-likeness (QED) is 0.551. The number of aliphatic hydroxyl groups is 1. The molecule has 1 unspecified atom stereocenters. The Labute approximate surface area is 102 Å². The van der Waals surface area contributed by atoms with Gasteiger partial charge in [-0.25, -0.2) is 0 Å². The van der Waals surface area contributed by atoms with Crippen molar-refractivity contribution in [3.05, 3.63) is 0 Å². The molecule has 6 heteroatoms. The van der Waals surface area contributed by atoms with E-state index in [0.29, 0.717) is 0 Å². The van der Waals surface area contributed by atoms with Gasteiger partial charge in [-0.15, -0.1) is 0 Å². The van der Waals surface area contributed by atoms with Gasteiger partial charge in [0, 0.05) is 0 Å². The zero-order valence-corrected chi connectivity index (χ0v) is 15.1. The van der Waals surface area contributed by atoms with Crippen LogP contribution in [0.3, 0.4) is 0 Å². The predicted molar refractivity (Wildman–Crippen MR) is 48.4 cm³/mol. The molecule has 0 aliphatic heterocycles. The summed E-state index contributed by atoms with van der Waals surface area (Å²) in [6, 6.07) is 0.